The highest BCUT2D eigenvalue weighted by molar-refractivity contribution is 7.13. The van der Waals surface area contributed by atoms with E-state index in [9.17, 15) is 9.59 Å². The Balaban J connectivity index is 1.64. The summed E-state index contributed by atoms with van der Waals surface area (Å²) < 4.78 is 0. The maximum atomic E-state index is 12.4. The van der Waals surface area contributed by atoms with Crippen LogP contribution in [0.3, 0.4) is 0 Å². The molecule has 1 atom stereocenters. The standard InChI is InChI=1S/C16H18N4O2S/c1-19(15(21)13-9-20(2)16(22)18-13)8-12-10-23-14(17-12)11-6-4-3-5-7-11/h3-7,10,13H,8-9H2,1-2H3,(H,18,22)/t13-/m1/s1. The molecule has 0 aliphatic carbocycles. The lowest BCUT2D eigenvalue weighted by atomic mass is 10.2. The number of rotatable bonds is 4. The summed E-state index contributed by atoms with van der Waals surface area (Å²) in [5.41, 5.74) is 1.92. The van der Waals surface area contributed by atoms with E-state index in [1.165, 1.54) is 4.90 Å². The summed E-state index contributed by atoms with van der Waals surface area (Å²) in [7, 11) is 3.41. The van der Waals surface area contributed by atoms with Gasteiger partial charge in [-0.3, -0.25) is 4.79 Å². The molecule has 1 saturated heterocycles. The zero-order valence-electron chi connectivity index (χ0n) is 13.0. The van der Waals surface area contributed by atoms with Gasteiger partial charge in [0.15, 0.2) is 0 Å². The lowest BCUT2D eigenvalue weighted by molar-refractivity contribution is -0.132. The van der Waals surface area contributed by atoms with Crippen molar-refractivity contribution in [3.8, 4) is 10.6 Å². The zero-order valence-corrected chi connectivity index (χ0v) is 13.8. The van der Waals surface area contributed by atoms with Crippen molar-refractivity contribution < 1.29 is 9.59 Å². The predicted molar refractivity (Wildman–Crippen MR) is 89.0 cm³/mol. The fraction of sp³-hybridized carbons (Fsp3) is 0.312. The number of aromatic nitrogens is 1. The van der Waals surface area contributed by atoms with Crippen molar-refractivity contribution >= 4 is 23.3 Å². The molecule has 6 nitrogen and oxygen atoms in total. The summed E-state index contributed by atoms with van der Waals surface area (Å²) in [5.74, 6) is -0.100. The normalized spacial score (nSPS) is 17.2. The number of hydrogen-bond acceptors (Lipinski definition) is 4. The van der Waals surface area contributed by atoms with Crippen LogP contribution in [0.1, 0.15) is 5.69 Å². The Hall–Kier alpha value is -2.41. The second-order valence-corrected chi connectivity index (χ2v) is 6.45. The number of amides is 3. The van der Waals surface area contributed by atoms with Crippen LogP contribution in [-0.4, -0.2) is 53.4 Å². The van der Waals surface area contributed by atoms with Gasteiger partial charge in [0.25, 0.3) is 0 Å². The number of carbonyl (C=O) groups excluding carboxylic acids is 2. The van der Waals surface area contributed by atoms with Gasteiger partial charge in [-0.2, -0.15) is 0 Å². The van der Waals surface area contributed by atoms with Gasteiger partial charge >= 0.3 is 6.03 Å². The number of urea groups is 1. The quantitative estimate of drug-likeness (QED) is 0.929. The zero-order chi connectivity index (χ0) is 16.4. The fourth-order valence-corrected chi connectivity index (χ4v) is 3.30. The summed E-state index contributed by atoms with van der Waals surface area (Å²) in [6.07, 6.45) is 0. The van der Waals surface area contributed by atoms with Crippen molar-refractivity contribution in [2.45, 2.75) is 12.6 Å². The maximum absolute atomic E-state index is 12.4. The van der Waals surface area contributed by atoms with Crippen LogP contribution in [0.15, 0.2) is 35.7 Å². The van der Waals surface area contributed by atoms with Crippen LogP contribution < -0.4 is 5.32 Å². The van der Waals surface area contributed by atoms with Gasteiger partial charge in [0.05, 0.1) is 18.8 Å². The van der Waals surface area contributed by atoms with Crippen LogP contribution in [0.2, 0.25) is 0 Å². The largest absolute Gasteiger partial charge is 0.338 e. The molecule has 1 aromatic heterocycles. The summed E-state index contributed by atoms with van der Waals surface area (Å²) in [6.45, 7) is 0.826. The third-order valence-corrected chi connectivity index (χ3v) is 4.69. The second kappa shape index (κ2) is 6.37. The lowest BCUT2D eigenvalue weighted by Crippen LogP contribution is -2.43. The van der Waals surface area contributed by atoms with Crippen molar-refractivity contribution in [3.05, 3.63) is 41.4 Å². The van der Waals surface area contributed by atoms with E-state index in [2.05, 4.69) is 10.3 Å². The van der Waals surface area contributed by atoms with E-state index in [4.69, 9.17) is 0 Å². The molecule has 2 aromatic rings. The number of benzene rings is 1. The molecule has 0 radical (unpaired) electrons. The molecule has 3 rings (SSSR count). The highest BCUT2D eigenvalue weighted by Gasteiger charge is 2.33. The third kappa shape index (κ3) is 3.34. The van der Waals surface area contributed by atoms with Crippen LogP contribution >= 0.6 is 11.3 Å². The molecule has 120 valence electrons. The summed E-state index contributed by atoms with van der Waals surface area (Å²) in [6, 6.07) is 9.26. The van der Waals surface area contributed by atoms with Gasteiger partial charge in [0.1, 0.15) is 11.0 Å². The third-order valence-electron chi connectivity index (χ3n) is 3.75. The molecule has 1 fully saturated rings. The van der Waals surface area contributed by atoms with Crippen LogP contribution in [0.5, 0.6) is 0 Å². The molecule has 0 bridgehead atoms. The van der Waals surface area contributed by atoms with E-state index in [1.807, 2.05) is 35.7 Å². The minimum absolute atomic E-state index is 0.100. The van der Waals surface area contributed by atoms with Gasteiger partial charge in [-0.15, -0.1) is 11.3 Å². The summed E-state index contributed by atoms with van der Waals surface area (Å²) in [5, 5.41) is 5.58. The molecule has 1 aromatic carbocycles. The summed E-state index contributed by atoms with van der Waals surface area (Å²) >= 11 is 1.56. The molecule has 0 saturated carbocycles. The first-order valence-electron chi connectivity index (χ1n) is 7.31. The fourth-order valence-electron chi connectivity index (χ4n) is 2.48. The monoisotopic (exact) mass is 330 g/mol. The van der Waals surface area contributed by atoms with Gasteiger partial charge < -0.3 is 15.1 Å². The Bertz CT molecular complexity index is 716. The molecule has 7 heteroatoms. The Morgan fingerprint density at radius 2 is 2.17 bits per heavy atom. The first-order valence-corrected chi connectivity index (χ1v) is 8.19. The minimum Gasteiger partial charge on any atom is -0.338 e. The molecular formula is C16H18N4O2S. The van der Waals surface area contributed by atoms with Crippen LogP contribution in [0, 0.1) is 0 Å². The molecule has 2 heterocycles. The SMILES string of the molecule is CN1C[C@H](C(=O)N(C)Cc2csc(-c3ccccc3)n2)NC1=O. The lowest BCUT2D eigenvalue weighted by Gasteiger charge is -2.19. The molecule has 3 amide bonds. The van der Waals surface area contributed by atoms with E-state index in [0.717, 1.165) is 16.3 Å². The highest BCUT2D eigenvalue weighted by atomic mass is 32.1. The molecule has 1 aliphatic rings. The molecule has 0 spiro atoms. The van der Waals surface area contributed by atoms with E-state index < -0.39 is 6.04 Å². The number of likely N-dealkylation sites (N-methyl/N-ethyl adjacent to an activating group) is 2. The van der Waals surface area contributed by atoms with Crippen LogP contribution in [0.4, 0.5) is 4.79 Å². The Morgan fingerprint density at radius 1 is 1.43 bits per heavy atom. The first kappa shape index (κ1) is 15.5. The van der Waals surface area contributed by atoms with Crippen molar-refractivity contribution in [2.24, 2.45) is 0 Å². The van der Waals surface area contributed by atoms with E-state index in [1.54, 1.807) is 30.3 Å². The van der Waals surface area contributed by atoms with Gasteiger partial charge in [0, 0.05) is 25.0 Å². The molecule has 0 unspecified atom stereocenters. The predicted octanol–water partition coefficient (Wildman–Crippen LogP) is 1.79. The Morgan fingerprint density at radius 3 is 2.83 bits per heavy atom. The van der Waals surface area contributed by atoms with Gasteiger partial charge in [-0.05, 0) is 0 Å². The molecule has 1 N–H and O–H groups in total. The van der Waals surface area contributed by atoms with Crippen molar-refractivity contribution in [2.75, 3.05) is 20.6 Å². The van der Waals surface area contributed by atoms with Crippen molar-refractivity contribution in [1.29, 1.82) is 0 Å². The van der Waals surface area contributed by atoms with E-state index >= 15 is 0 Å². The summed E-state index contributed by atoms with van der Waals surface area (Å²) in [4.78, 5) is 31.5. The van der Waals surface area contributed by atoms with Crippen molar-refractivity contribution in [1.82, 2.24) is 20.1 Å². The Kier molecular flexibility index (Phi) is 4.29. The highest BCUT2D eigenvalue weighted by Crippen LogP contribution is 2.23. The first-order chi connectivity index (χ1) is 11.0. The average Bonchev–Trinajstić information content (AvgIpc) is 3.15. The number of nitrogens with one attached hydrogen (secondary N) is 1. The van der Waals surface area contributed by atoms with Crippen LogP contribution in [0.25, 0.3) is 10.6 Å². The van der Waals surface area contributed by atoms with E-state index in [-0.39, 0.29) is 11.9 Å². The smallest absolute Gasteiger partial charge is 0.317 e. The second-order valence-electron chi connectivity index (χ2n) is 5.59. The Labute approximate surface area is 138 Å². The number of nitrogens with zero attached hydrogens (tertiary/aromatic N) is 3. The number of carbonyl (C=O) groups is 2. The average molecular weight is 330 g/mol. The van der Waals surface area contributed by atoms with Gasteiger partial charge in [-0.25, -0.2) is 9.78 Å². The van der Waals surface area contributed by atoms with Gasteiger partial charge in [0.2, 0.25) is 5.91 Å². The topological polar surface area (TPSA) is 65.5 Å². The minimum atomic E-state index is -0.482. The number of hydrogen-bond donors (Lipinski definition) is 1. The van der Waals surface area contributed by atoms with Crippen molar-refractivity contribution in [3.63, 3.8) is 0 Å². The molecular weight excluding hydrogens is 312 g/mol. The maximum Gasteiger partial charge on any atom is 0.317 e. The van der Waals surface area contributed by atoms with Crippen LogP contribution in [-0.2, 0) is 11.3 Å². The number of thiazole rings is 1. The molecule has 1 aliphatic heterocycles. The molecule has 23 heavy (non-hydrogen) atoms. The van der Waals surface area contributed by atoms with E-state index in [0.29, 0.717) is 13.1 Å². The van der Waals surface area contributed by atoms with Gasteiger partial charge in [-0.1, -0.05) is 30.3 Å².